The van der Waals surface area contributed by atoms with Crippen LogP contribution in [0.2, 0.25) is 5.02 Å². The number of halogens is 1. The van der Waals surface area contributed by atoms with Gasteiger partial charge in [0.05, 0.1) is 16.4 Å². The van der Waals surface area contributed by atoms with Crippen LogP contribution in [0.25, 0.3) is 0 Å². The minimum atomic E-state index is -0.371. The van der Waals surface area contributed by atoms with Crippen molar-refractivity contribution in [2.75, 3.05) is 6.54 Å². The summed E-state index contributed by atoms with van der Waals surface area (Å²) >= 11 is 7.36. The number of ether oxygens (including phenoxy) is 1. The van der Waals surface area contributed by atoms with Crippen molar-refractivity contribution < 1.29 is 9.53 Å². The third-order valence-corrected chi connectivity index (χ3v) is 3.07. The van der Waals surface area contributed by atoms with Crippen molar-refractivity contribution in [2.24, 2.45) is 0 Å². The molecule has 5 heteroatoms. The first kappa shape index (κ1) is 7.89. The Labute approximate surface area is 78.3 Å². The van der Waals surface area contributed by atoms with Crippen molar-refractivity contribution in [3.63, 3.8) is 0 Å². The van der Waals surface area contributed by atoms with Crippen molar-refractivity contribution in [3.05, 3.63) is 21.3 Å². The molecule has 0 spiro atoms. The van der Waals surface area contributed by atoms with E-state index in [0.29, 0.717) is 11.6 Å². The van der Waals surface area contributed by atoms with Crippen molar-refractivity contribution >= 4 is 29.0 Å². The first-order chi connectivity index (χ1) is 5.77. The van der Waals surface area contributed by atoms with Crippen LogP contribution >= 0.6 is 22.9 Å². The predicted octanol–water partition coefficient (Wildman–Crippen LogP) is 2.18. The lowest BCUT2D eigenvalue weighted by atomic mass is 10.3. The zero-order chi connectivity index (χ0) is 8.55. The lowest BCUT2D eigenvalue weighted by Crippen LogP contribution is -2.12. The van der Waals surface area contributed by atoms with Crippen LogP contribution in [-0.2, 0) is 4.74 Å². The highest BCUT2D eigenvalue weighted by Crippen LogP contribution is 2.32. The number of carbonyl (C=O) groups excluding carboxylic acids is 1. The van der Waals surface area contributed by atoms with E-state index in [-0.39, 0.29) is 12.2 Å². The van der Waals surface area contributed by atoms with E-state index in [1.807, 2.05) is 5.38 Å². The largest absolute Gasteiger partial charge is 0.439 e. The van der Waals surface area contributed by atoms with E-state index in [2.05, 4.69) is 5.32 Å². The highest BCUT2D eigenvalue weighted by atomic mass is 35.5. The molecule has 2 rings (SSSR count). The molecule has 1 N–H and O–H groups in total. The van der Waals surface area contributed by atoms with E-state index >= 15 is 0 Å². The Balaban J connectivity index is 2.21. The van der Waals surface area contributed by atoms with Gasteiger partial charge < -0.3 is 10.1 Å². The Morgan fingerprint density at radius 1 is 1.75 bits per heavy atom. The number of carbonyl (C=O) groups is 1. The van der Waals surface area contributed by atoms with Crippen LogP contribution < -0.4 is 5.32 Å². The molecule has 0 radical (unpaired) electrons. The van der Waals surface area contributed by atoms with Gasteiger partial charge in [-0.2, -0.15) is 0 Å². The second-order valence-electron chi connectivity index (χ2n) is 2.41. The van der Waals surface area contributed by atoms with Gasteiger partial charge in [0.1, 0.15) is 0 Å². The molecule has 2 heterocycles. The van der Waals surface area contributed by atoms with Gasteiger partial charge in [-0.25, -0.2) is 4.79 Å². The van der Waals surface area contributed by atoms with Gasteiger partial charge in [0.2, 0.25) is 0 Å². The molecule has 3 nitrogen and oxygen atoms in total. The number of nitrogens with one attached hydrogen (secondary N) is 1. The lowest BCUT2D eigenvalue weighted by molar-refractivity contribution is 0.142. The Morgan fingerprint density at radius 3 is 3.08 bits per heavy atom. The third-order valence-electron chi connectivity index (χ3n) is 1.62. The molecule has 0 aliphatic carbocycles. The molecule has 1 aromatic rings. The maximum Gasteiger partial charge on any atom is 0.407 e. The minimum absolute atomic E-state index is 0.204. The number of hydrogen-bond donors (Lipinski definition) is 1. The van der Waals surface area contributed by atoms with E-state index < -0.39 is 0 Å². The fourth-order valence-electron chi connectivity index (χ4n) is 1.07. The summed E-state index contributed by atoms with van der Waals surface area (Å²) in [6.07, 6.45) is -0.575. The molecular formula is C7H6ClNO2S. The maximum absolute atomic E-state index is 10.7. The summed E-state index contributed by atoms with van der Waals surface area (Å²) in [6.45, 7) is 0.513. The molecule has 1 aliphatic heterocycles. The molecule has 1 aliphatic rings. The van der Waals surface area contributed by atoms with Crippen LogP contribution in [0.5, 0.6) is 0 Å². The van der Waals surface area contributed by atoms with Gasteiger partial charge in [0, 0.05) is 0 Å². The third kappa shape index (κ3) is 1.28. The fourth-order valence-corrected chi connectivity index (χ4v) is 2.28. The first-order valence-corrected chi connectivity index (χ1v) is 4.70. The van der Waals surface area contributed by atoms with Gasteiger partial charge in [-0.15, -0.1) is 11.3 Å². The Hall–Kier alpha value is -0.740. The molecule has 0 saturated carbocycles. The summed E-state index contributed by atoms with van der Waals surface area (Å²) in [5.41, 5.74) is 0. The number of alkyl carbamates (subject to hydrolysis) is 1. The van der Waals surface area contributed by atoms with Crippen LogP contribution in [0.3, 0.4) is 0 Å². The summed E-state index contributed by atoms with van der Waals surface area (Å²) in [7, 11) is 0. The molecule has 1 saturated heterocycles. The number of hydrogen-bond acceptors (Lipinski definition) is 3. The average molecular weight is 204 g/mol. The van der Waals surface area contributed by atoms with E-state index in [4.69, 9.17) is 16.3 Å². The van der Waals surface area contributed by atoms with E-state index in [9.17, 15) is 4.79 Å². The molecule has 1 unspecified atom stereocenters. The predicted molar refractivity (Wildman–Crippen MR) is 46.6 cm³/mol. The molecule has 64 valence electrons. The number of cyclic esters (lactones) is 1. The van der Waals surface area contributed by atoms with Crippen molar-refractivity contribution in [2.45, 2.75) is 6.10 Å². The first-order valence-electron chi connectivity index (χ1n) is 3.45. The van der Waals surface area contributed by atoms with Gasteiger partial charge in [-0.3, -0.25) is 0 Å². The minimum Gasteiger partial charge on any atom is -0.439 e. The molecule has 0 bridgehead atoms. The average Bonchev–Trinajstić information content (AvgIpc) is 2.58. The molecular weight excluding hydrogens is 198 g/mol. The second-order valence-corrected chi connectivity index (χ2v) is 3.76. The summed E-state index contributed by atoms with van der Waals surface area (Å²) in [6, 6.07) is 1.80. The van der Waals surface area contributed by atoms with E-state index in [0.717, 1.165) is 4.88 Å². The van der Waals surface area contributed by atoms with Gasteiger partial charge in [-0.05, 0) is 11.4 Å². The van der Waals surface area contributed by atoms with Gasteiger partial charge in [0.15, 0.2) is 6.10 Å². The van der Waals surface area contributed by atoms with E-state index in [1.54, 1.807) is 6.07 Å². The second kappa shape index (κ2) is 2.95. The van der Waals surface area contributed by atoms with Crippen LogP contribution in [0.1, 0.15) is 11.0 Å². The van der Waals surface area contributed by atoms with Gasteiger partial charge in [-0.1, -0.05) is 11.6 Å². The van der Waals surface area contributed by atoms with Crippen molar-refractivity contribution in [1.82, 2.24) is 5.32 Å². The quantitative estimate of drug-likeness (QED) is 0.760. The Morgan fingerprint density at radius 2 is 2.58 bits per heavy atom. The summed E-state index contributed by atoms with van der Waals surface area (Å²) in [5, 5.41) is 5.12. The normalized spacial score (nSPS) is 22.1. The summed E-state index contributed by atoms with van der Waals surface area (Å²) in [5.74, 6) is 0. The smallest absolute Gasteiger partial charge is 0.407 e. The van der Waals surface area contributed by atoms with Crippen LogP contribution in [-0.4, -0.2) is 12.6 Å². The Bertz CT molecular complexity index is 312. The summed E-state index contributed by atoms with van der Waals surface area (Å²) in [4.78, 5) is 11.6. The number of amides is 1. The van der Waals surface area contributed by atoms with Crippen molar-refractivity contribution in [1.29, 1.82) is 0 Å². The monoisotopic (exact) mass is 203 g/mol. The Kier molecular flexibility index (Phi) is 1.94. The lowest BCUT2D eigenvalue weighted by Gasteiger charge is -2.04. The van der Waals surface area contributed by atoms with Gasteiger partial charge in [0.25, 0.3) is 0 Å². The van der Waals surface area contributed by atoms with Crippen LogP contribution in [0.15, 0.2) is 11.4 Å². The molecule has 12 heavy (non-hydrogen) atoms. The zero-order valence-corrected chi connectivity index (χ0v) is 7.61. The standard InChI is InChI=1S/C7H6ClNO2S/c8-4-1-2-12-6(4)5-3-9-7(10)11-5/h1-2,5H,3H2,(H,9,10). The SMILES string of the molecule is O=C1NCC(c2sccc2Cl)O1. The molecule has 0 aromatic carbocycles. The van der Waals surface area contributed by atoms with Crippen molar-refractivity contribution in [3.8, 4) is 0 Å². The van der Waals surface area contributed by atoms with E-state index in [1.165, 1.54) is 11.3 Å². The highest BCUT2D eigenvalue weighted by molar-refractivity contribution is 7.10. The maximum atomic E-state index is 10.7. The number of thiophene rings is 1. The molecule has 1 amide bonds. The fraction of sp³-hybridized carbons (Fsp3) is 0.286. The topological polar surface area (TPSA) is 38.3 Å². The zero-order valence-electron chi connectivity index (χ0n) is 6.04. The van der Waals surface area contributed by atoms with Crippen LogP contribution in [0.4, 0.5) is 4.79 Å². The number of rotatable bonds is 1. The molecule has 1 fully saturated rings. The van der Waals surface area contributed by atoms with Gasteiger partial charge >= 0.3 is 6.09 Å². The summed E-state index contributed by atoms with van der Waals surface area (Å²) < 4.78 is 4.96. The highest BCUT2D eigenvalue weighted by Gasteiger charge is 2.26. The molecule has 1 atom stereocenters. The van der Waals surface area contributed by atoms with Crippen LogP contribution in [0, 0.1) is 0 Å². The molecule has 1 aromatic heterocycles.